The van der Waals surface area contributed by atoms with E-state index in [-0.39, 0.29) is 0 Å². The predicted octanol–water partition coefficient (Wildman–Crippen LogP) is 3.44. The van der Waals surface area contributed by atoms with Gasteiger partial charge in [-0.1, -0.05) is 33.6 Å². The van der Waals surface area contributed by atoms with Gasteiger partial charge >= 0.3 is 0 Å². The van der Waals surface area contributed by atoms with E-state index in [1.54, 1.807) is 0 Å². The Morgan fingerprint density at radius 2 is 1.87 bits per heavy atom. The molecule has 1 heterocycles. The molecule has 0 radical (unpaired) electrons. The third kappa shape index (κ3) is 6.52. The molecule has 2 heteroatoms. The van der Waals surface area contributed by atoms with Gasteiger partial charge in [0.2, 0.25) is 0 Å². The number of nitriles is 1. The smallest absolute Gasteiger partial charge is 0.0635 e. The van der Waals surface area contributed by atoms with E-state index >= 15 is 0 Å². The fourth-order valence-corrected chi connectivity index (χ4v) is 2.12. The number of likely N-dealkylation sites (tertiary alicyclic amines) is 1. The van der Waals surface area contributed by atoms with Crippen LogP contribution in [-0.2, 0) is 0 Å². The minimum atomic E-state index is 0.693. The van der Waals surface area contributed by atoms with E-state index in [0.29, 0.717) is 6.42 Å². The molecule has 1 aliphatic rings. The highest BCUT2D eigenvalue weighted by Crippen LogP contribution is 2.21. The highest BCUT2D eigenvalue weighted by Gasteiger charge is 2.17. The van der Waals surface area contributed by atoms with Gasteiger partial charge in [0.15, 0.2) is 0 Å². The summed E-state index contributed by atoms with van der Waals surface area (Å²) in [5, 5.41) is 8.46. The monoisotopic (exact) mass is 210 g/mol. The second-order valence-corrected chi connectivity index (χ2v) is 3.98. The lowest BCUT2D eigenvalue weighted by Gasteiger charge is -2.31. The molecule has 15 heavy (non-hydrogen) atoms. The number of hydrogen-bond donors (Lipinski definition) is 0. The Kier molecular flexibility index (Phi) is 9.62. The molecule has 1 saturated heterocycles. The molecule has 0 aliphatic carbocycles. The largest absolute Gasteiger partial charge is 0.302 e. The predicted molar refractivity (Wildman–Crippen MR) is 65.7 cm³/mol. The Morgan fingerprint density at radius 1 is 1.27 bits per heavy atom. The first-order chi connectivity index (χ1) is 7.36. The van der Waals surface area contributed by atoms with Gasteiger partial charge in [0.05, 0.1) is 6.07 Å². The summed E-state index contributed by atoms with van der Waals surface area (Å²) in [6, 6.07) is 2.21. The second kappa shape index (κ2) is 9.98. The van der Waals surface area contributed by atoms with Gasteiger partial charge in [-0.2, -0.15) is 5.26 Å². The molecule has 0 aromatic carbocycles. The summed E-state index contributed by atoms with van der Waals surface area (Å²) in [6.07, 6.45) is 6.10. The maximum atomic E-state index is 8.46. The fourth-order valence-electron chi connectivity index (χ4n) is 2.12. The highest BCUT2D eigenvalue weighted by atomic mass is 15.1. The van der Waals surface area contributed by atoms with Crippen molar-refractivity contribution in [1.29, 1.82) is 5.26 Å². The molecule has 0 saturated carbocycles. The van der Waals surface area contributed by atoms with Crippen molar-refractivity contribution in [2.24, 2.45) is 5.92 Å². The molecule has 0 spiro atoms. The molecule has 2 nitrogen and oxygen atoms in total. The van der Waals surface area contributed by atoms with Crippen molar-refractivity contribution in [3.8, 4) is 6.07 Å². The second-order valence-electron chi connectivity index (χ2n) is 3.98. The molecule has 0 N–H and O–H groups in total. The summed E-state index contributed by atoms with van der Waals surface area (Å²) in [5.41, 5.74) is 0. The van der Waals surface area contributed by atoms with Crippen LogP contribution in [0.15, 0.2) is 0 Å². The molecule has 0 unspecified atom stereocenters. The van der Waals surface area contributed by atoms with Gasteiger partial charge < -0.3 is 4.90 Å². The van der Waals surface area contributed by atoms with Gasteiger partial charge in [-0.05, 0) is 31.8 Å². The summed E-state index contributed by atoms with van der Waals surface area (Å²) in [7, 11) is 0. The van der Waals surface area contributed by atoms with Crippen LogP contribution >= 0.6 is 0 Å². The lowest BCUT2D eigenvalue weighted by molar-refractivity contribution is 0.182. The summed E-state index contributed by atoms with van der Waals surface area (Å²) >= 11 is 0. The first-order valence-electron chi connectivity index (χ1n) is 6.46. The summed E-state index contributed by atoms with van der Waals surface area (Å²) in [5.74, 6) is 0.961. The first kappa shape index (κ1) is 14.5. The zero-order chi connectivity index (χ0) is 11.5. The average Bonchev–Trinajstić information content (AvgIpc) is 2.31. The standard InChI is InChI=1S/C11H20N2.C2H6/c1-2-4-11-5-9-13(10-6-11)8-3-7-12;1-2/h11H,2-6,8-10H2,1H3;1-2H3. The van der Waals surface area contributed by atoms with Crippen LogP contribution in [0.3, 0.4) is 0 Å². The van der Waals surface area contributed by atoms with Crippen LogP contribution in [-0.4, -0.2) is 24.5 Å². The molecule has 88 valence electrons. The summed E-state index contributed by atoms with van der Waals surface area (Å²) in [6.45, 7) is 9.68. The summed E-state index contributed by atoms with van der Waals surface area (Å²) < 4.78 is 0. The lowest BCUT2D eigenvalue weighted by Crippen LogP contribution is -2.34. The van der Waals surface area contributed by atoms with E-state index in [1.165, 1.54) is 38.8 Å². The molecule has 1 aliphatic heterocycles. The van der Waals surface area contributed by atoms with Crippen LogP contribution in [0.5, 0.6) is 0 Å². The van der Waals surface area contributed by atoms with Crippen LogP contribution in [0.25, 0.3) is 0 Å². The summed E-state index contributed by atoms with van der Waals surface area (Å²) in [4.78, 5) is 2.43. The number of piperidine rings is 1. The first-order valence-corrected chi connectivity index (χ1v) is 6.46. The van der Waals surface area contributed by atoms with Crippen LogP contribution < -0.4 is 0 Å². The molecule has 0 aromatic rings. The van der Waals surface area contributed by atoms with Crippen LogP contribution in [0.4, 0.5) is 0 Å². The van der Waals surface area contributed by atoms with Crippen molar-refractivity contribution in [2.45, 2.75) is 52.9 Å². The molecule has 0 bridgehead atoms. The Morgan fingerprint density at radius 3 is 2.33 bits per heavy atom. The van der Waals surface area contributed by atoms with Gasteiger partial charge in [-0.3, -0.25) is 0 Å². The topological polar surface area (TPSA) is 27.0 Å². The SMILES string of the molecule is CC.CCCC1CCN(CCC#N)CC1. The Bertz CT molecular complexity index is 164. The van der Waals surface area contributed by atoms with E-state index < -0.39 is 0 Å². The Labute approximate surface area is 95.3 Å². The van der Waals surface area contributed by atoms with Gasteiger partial charge in [0.1, 0.15) is 0 Å². The zero-order valence-corrected chi connectivity index (χ0v) is 10.6. The van der Waals surface area contributed by atoms with Crippen LogP contribution in [0.1, 0.15) is 52.9 Å². The average molecular weight is 210 g/mol. The van der Waals surface area contributed by atoms with E-state index in [1.807, 2.05) is 13.8 Å². The molecule has 1 fully saturated rings. The third-order valence-electron chi connectivity index (χ3n) is 2.94. The van der Waals surface area contributed by atoms with Crippen molar-refractivity contribution in [1.82, 2.24) is 4.90 Å². The number of nitrogens with zero attached hydrogens (tertiary/aromatic N) is 2. The van der Waals surface area contributed by atoms with Crippen LogP contribution in [0.2, 0.25) is 0 Å². The molecule has 0 atom stereocenters. The van der Waals surface area contributed by atoms with Crippen molar-refractivity contribution >= 4 is 0 Å². The normalized spacial score (nSPS) is 17.7. The van der Waals surface area contributed by atoms with Crippen molar-refractivity contribution in [2.75, 3.05) is 19.6 Å². The molecular weight excluding hydrogens is 184 g/mol. The van der Waals surface area contributed by atoms with Gasteiger partial charge in [-0.25, -0.2) is 0 Å². The molecule has 0 aromatic heterocycles. The fraction of sp³-hybridized carbons (Fsp3) is 0.923. The van der Waals surface area contributed by atoms with Crippen molar-refractivity contribution in [3.63, 3.8) is 0 Å². The van der Waals surface area contributed by atoms with Gasteiger partial charge in [0, 0.05) is 13.0 Å². The number of hydrogen-bond acceptors (Lipinski definition) is 2. The molecular formula is C13H26N2. The van der Waals surface area contributed by atoms with Crippen molar-refractivity contribution < 1.29 is 0 Å². The quantitative estimate of drug-likeness (QED) is 0.710. The lowest BCUT2D eigenvalue weighted by atomic mass is 9.92. The molecule has 0 amide bonds. The van der Waals surface area contributed by atoms with E-state index in [4.69, 9.17) is 5.26 Å². The van der Waals surface area contributed by atoms with E-state index in [0.717, 1.165) is 12.5 Å². The Balaban J connectivity index is 0.000000921. The minimum Gasteiger partial charge on any atom is -0.302 e. The highest BCUT2D eigenvalue weighted by molar-refractivity contribution is 4.76. The molecule has 1 rings (SSSR count). The zero-order valence-electron chi connectivity index (χ0n) is 10.6. The number of rotatable bonds is 4. The van der Waals surface area contributed by atoms with Gasteiger partial charge in [0.25, 0.3) is 0 Å². The third-order valence-corrected chi connectivity index (χ3v) is 2.94. The van der Waals surface area contributed by atoms with Gasteiger partial charge in [-0.15, -0.1) is 0 Å². The van der Waals surface area contributed by atoms with E-state index in [9.17, 15) is 0 Å². The van der Waals surface area contributed by atoms with E-state index in [2.05, 4.69) is 17.9 Å². The Hall–Kier alpha value is -0.550. The minimum absolute atomic E-state index is 0.693. The maximum absolute atomic E-state index is 8.46. The van der Waals surface area contributed by atoms with Crippen molar-refractivity contribution in [3.05, 3.63) is 0 Å². The van der Waals surface area contributed by atoms with Crippen LogP contribution in [0, 0.1) is 17.2 Å². The maximum Gasteiger partial charge on any atom is 0.0635 e.